The predicted molar refractivity (Wildman–Crippen MR) is 54.9 cm³/mol. The summed E-state index contributed by atoms with van der Waals surface area (Å²) in [7, 11) is 0. The van der Waals surface area contributed by atoms with Gasteiger partial charge in [0.25, 0.3) is 0 Å². The molecule has 3 heteroatoms. The van der Waals surface area contributed by atoms with Crippen molar-refractivity contribution in [2.45, 2.75) is 58.1 Å². The summed E-state index contributed by atoms with van der Waals surface area (Å²) in [5.74, 6) is -0.0725. The van der Waals surface area contributed by atoms with Gasteiger partial charge in [-0.05, 0) is 12.8 Å². The summed E-state index contributed by atoms with van der Waals surface area (Å²) in [5.41, 5.74) is 0. The van der Waals surface area contributed by atoms with Crippen molar-refractivity contribution in [1.29, 1.82) is 0 Å². The largest absolute Gasteiger partial charge is 0.445 e. The number of hydrogen-bond donors (Lipinski definition) is 0. The van der Waals surface area contributed by atoms with E-state index in [0.29, 0.717) is 6.42 Å². The standard InChI is InChI=1S/C11H20NO2/c1-2-3-4-5-8-11(13)14-10-7-6-9-12-10/h10H,2-9H2,1H3. The summed E-state index contributed by atoms with van der Waals surface area (Å²) in [6.07, 6.45) is 6.91. The molecule has 14 heavy (non-hydrogen) atoms. The highest BCUT2D eigenvalue weighted by molar-refractivity contribution is 5.69. The van der Waals surface area contributed by atoms with E-state index in [0.717, 1.165) is 32.2 Å². The van der Waals surface area contributed by atoms with Crippen LogP contribution >= 0.6 is 0 Å². The Morgan fingerprint density at radius 1 is 1.43 bits per heavy atom. The van der Waals surface area contributed by atoms with Crippen LogP contribution in [0, 0.1) is 0 Å². The van der Waals surface area contributed by atoms with Gasteiger partial charge in [-0.15, -0.1) is 0 Å². The highest BCUT2D eigenvalue weighted by Crippen LogP contribution is 2.10. The van der Waals surface area contributed by atoms with Crippen LogP contribution in [-0.2, 0) is 9.53 Å². The lowest BCUT2D eigenvalue weighted by Gasteiger charge is -2.10. The first-order valence-electron chi connectivity index (χ1n) is 5.69. The number of esters is 1. The van der Waals surface area contributed by atoms with Crippen LogP contribution in [0.1, 0.15) is 51.9 Å². The van der Waals surface area contributed by atoms with Crippen molar-refractivity contribution in [3.63, 3.8) is 0 Å². The van der Waals surface area contributed by atoms with Crippen molar-refractivity contribution in [3.05, 3.63) is 0 Å². The van der Waals surface area contributed by atoms with Gasteiger partial charge < -0.3 is 4.74 Å². The molecule has 1 atom stereocenters. The molecule has 3 nitrogen and oxygen atoms in total. The molecule has 0 bridgehead atoms. The van der Waals surface area contributed by atoms with Crippen LogP contribution in [0.5, 0.6) is 0 Å². The number of carbonyl (C=O) groups is 1. The predicted octanol–water partition coefficient (Wildman–Crippen LogP) is 2.22. The number of unbranched alkanes of at least 4 members (excludes halogenated alkanes) is 3. The van der Waals surface area contributed by atoms with E-state index in [1.165, 1.54) is 12.8 Å². The quantitative estimate of drug-likeness (QED) is 0.485. The summed E-state index contributed by atoms with van der Waals surface area (Å²) in [4.78, 5) is 11.3. The SMILES string of the molecule is CCCCCCC(=O)OC1CCC[N]1. The minimum atomic E-state index is -0.131. The fraction of sp³-hybridized carbons (Fsp3) is 0.909. The average molecular weight is 198 g/mol. The molecular formula is C11H20NO2. The molecule has 1 unspecified atom stereocenters. The first-order chi connectivity index (χ1) is 6.83. The van der Waals surface area contributed by atoms with Crippen LogP contribution in [0.15, 0.2) is 0 Å². The zero-order valence-electron chi connectivity index (χ0n) is 9.00. The van der Waals surface area contributed by atoms with Crippen LogP contribution in [0.2, 0.25) is 0 Å². The van der Waals surface area contributed by atoms with E-state index in [4.69, 9.17) is 4.74 Å². The van der Waals surface area contributed by atoms with Crippen molar-refractivity contribution >= 4 is 5.97 Å². The molecule has 0 aromatic rings. The number of rotatable bonds is 6. The number of carbonyl (C=O) groups excluding carboxylic acids is 1. The van der Waals surface area contributed by atoms with Gasteiger partial charge in [0.05, 0.1) is 0 Å². The van der Waals surface area contributed by atoms with E-state index in [9.17, 15) is 4.79 Å². The Balaban J connectivity index is 1.98. The van der Waals surface area contributed by atoms with Crippen molar-refractivity contribution in [2.75, 3.05) is 6.54 Å². The zero-order valence-corrected chi connectivity index (χ0v) is 9.00. The Kier molecular flexibility index (Phi) is 5.60. The third kappa shape index (κ3) is 4.61. The summed E-state index contributed by atoms with van der Waals surface area (Å²) < 4.78 is 5.19. The smallest absolute Gasteiger partial charge is 0.307 e. The molecule has 1 heterocycles. The van der Waals surface area contributed by atoms with Gasteiger partial charge in [0.15, 0.2) is 6.23 Å². The molecule has 0 aromatic carbocycles. The van der Waals surface area contributed by atoms with E-state index in [-0.39, 0.29) is 12.2 Å². The van der Waals surface area contributed by atoms with Gasteiger partial charge in [-0.25, -0.2) is 5.32 Å². The van der Waals surface area contributed by atoms with Crippen LogP contribution in [0.4, 0.5) is 0 Å². The van der Waals surface area contributed by atoms with Gasteiger partial charge >= 0.3 is 5.97 Å². The minimum absolute atomic E-state index is 0.0725. The average Bonchev–Trinajstić information content (AvgIpc) is 2.65. The molecule has 0 saturated carbocycles. The first-order valence-corrected chi connectivity index (χ1v) is 5.69. The Bertz CT molecular complexity index is 165. The monoisotopic (exact) mass is 198 g/mol. The number of ether oxygens (including phenoxy) is 1. The Hall–Kier alpha value is -0.570. The summed E-state index contributed by atoms with van der Waals surface area (Å²) >= 11 is 0. The van der Waals surface area contributed by atoms with E-state index in [1.807, 2.05) is 0 Å². The Morgan fingerprint density at radius 2 is 2.29 bits per heavy atom. The summed E-state index contributed by atoms with van der Waals surface area (Å²) in [6, 6.07) is 0. The van der Waals surface area contributed by atoms with Crippen LogP contribution in [0.25, 0.3) is 0 Å². The molecule has 0 aliphatic carbocycles. The van der Waals surface area contributed by atoms with E-state index in [1.54, 1.807) is 0 Å². The van der Waals surface area contributed by atoms with Crippen LogP contribution in [-0.4, -0.2) is 18.7 Å². The molecule has 1 fully saturated rings. The molecule has 1 aliphatic heterocycles. The highest BCUT2D eigenvalue weighted by atomic mass is 16.6. The molecule has 1 saturated heterocycles. The second-order valence-corrected chi connectivity index (χ2v) is 3.80. The van der Waals surface area contributed by atoms with Crippen LogP contribution in [0.3, 0.4) is 0 Å². The lowest BCUT2D eigenvalue weighted by atomic mass is 10.1. The van der Waals surface area contributed by atoms with Crippen molar-refractivity contribution < 1.29 is 9.53 Å². The van der Waals surface area contributed by atoms with Gasteiger partial charge in [0.2, 0.25) is 0 Å². The lowest BCUT2D eigenvalue weighted by Crippen LogP contribution is -2.22. The summed E-state index contributed by atoms with van der Waals surface area (Å²) in [5, 5.41) is 4.18. The topological polar surface area (TPSA) is 40.4 Å². The molecule has 81 valence electrons. The van der Waals surface area contributed by atoms with E-state index in [2.05, 4.69) is 12.2 Å². The number of hydrogen-bond acceptors (Lipinski definition) is 2. The second-order valence-electron chi connectivity index (χ2n) is 3.80. The third-order valence-corrected chi connectivity index (χ3v) is 2.44. The fourth-order valence-electron chi connectivity index (χ4n) is 1.60. The fourth-order valence-corrected chi connectivity index (χ4v) is 1.60. The molecule has 0 amide bonds. The molecule has 1 radical (unpaired) electrons. The first kappa shape index (κ1) is 11.5. The van der Waals surface area contributed by atoms with Gasteiger partial charge in [-0.1, -0.05) is 26.2 Å². The summed E-state index contributed by atoms with van der Waals surface area (Å²) in [6.45, 7) is 3.02. The van der Waals surface area contributed by atoms with Gasteiger partial charge in [0, 0.05) is 19.4 Å². The van der Waals surface area contributed by atoms with E-state index < -0.39 is 0 Å². The van der Waals surface area contributed by atoms with E-state index >= 15 is 0 Å². The molecule has 0 aromatic heterocycles. The van der Waals surface area contributed by atoms with Gasteiger partial charge in [-0.3, -0.25) is 4.79 Å². The van der Waals surface area contributed by atoms with Gasteiger partial charge in [-0.2, -0.15) is 0 Å². The molecule has 1 aliphatic rings. The zero-order chi connectivity index (χ0) is 10.2. The Morgan fingerprint density at radius 3 is 2.93 bits per heavy atom. The third-order valence-electron chi connectivity index (χ3n) is 2.44. The molecule has 0 spiro atoms. The maximum Gasteiger partial charge on any atom is 0.307 e. The van der Waals surface area contributed by atoms with Crippen molar-refractivity contribution in [2.24, 2.45) is 0 Å². The molecular weight excluding hydrogens is 178 g/mol. The maximum absolute atomic E-state index is 11.3. The Labute approximate surface area is 86.2 Å². The van der Waals surface area contributed by atoms with Crippen LogP contribution < -0.4 is 5.32 Å². The normalized spacial score (nSPS) is 21.1. The maximum atomic E-state index is 11.3. The molecule has 1 rings (SSSR count). The highest BCUT2D eigenvalue weighted by Gasteiger charge is 2.19. The number of nitrogens with zero attached hydrogens (tertiary/aromatic N) is 1. The van der Waals surface area contributed by atoms with Crippen molar-refractivity contribution in [1.82, 2.24) is 5.32 Å². The second kappa shape index (κ2) is 6.82. The van der Waals surface area contributed by atoms with Crippen molar-refractivity contribution in [3.8, 4) is 0 Å². The molecule has 0 N–H and O–H groups in total. The minimum Gasteiger partial charge on any atom is -0.445 e. The lowest BCUT2D eigenvalue weighted by molar-refractivity contribution is -0.150. The van der Waals surface area contributed by atoms with Gasteiger partial charge in [0.1, 0.15) is 0 Å².